The Labute approximate surface area is 145 Å². The highest BCUT2D eigenvalue weighted by Gasteiger charge is 2.63. The van der Waals surface area contributed by atoms with Gasteiger partial charge in [-0.1, -0.05) is 0 Å². The van der Waals surface area contributed by atoms with Crippen LogP contribution < -0.4 is 4.90 Å². The second kappa shape index (κ2) is 5.15. The second-order valence-corrected chi connectivity index (χ2v) is 7.02. The Morgan fingerprint density at radius 1 is 1.12 bits per heavy atom. The van der Waals surface area contributed by atoms with Crippen molar-refractivity contribution in [1.29, 1.82) is 0 Å². The first-order chi connectivity index (χ1) is 11.9. The zero-order chi connectivity index (χ0) is 17.9. The number of amides is 4. The number of carbonyl (C=O) groups excluding carboxylic acids is 4. The third kappa shape index (κ3) is 1.86. The third-order valence-electron chi connectivity index (χ3n) is 5.79. The molecule has 1 atom stereocenters. The zero-order valence-electron chi connectivity index (χ0n) is 14.2. The molecule has 3 heterocycles. The summed E-state index contributed by atoms with van der Waals surface area (Å²) in [5, 5.41) is 0. The molecule has 4 rings (SSSR count). The number of barbiturate groups is 1. The van der Waals surface area contributed by atoms with Gasteiger partial charge in [-0.2, -0.15) is 0 Å². The standard InChI is InChI=1S/C18H19N3O4/c1-19-15(23)18(16(24)20(2)17(19)25)9-12-8-11(10-22)5-6-13(12)21-7-3-4-14(18)21/h5-6,8,10,14H,3-4,7,9H2,1-2H3. The van der Waals surface area contributed by atoms with Crippen LogP contribution in [-0.2, 0) is 16.0 Å². The molecule has 3 aliphatic rings. The molecule has 1 unspecified atom stereocenters. The molecule has 0 saturated carbocycles. The van der Waals surface area contributed by atoms with Crippen LogP contribution in [0.5, 0.6) is 0 Å². The van der Waals surface area contributed by atoms with Crippen molar-refractivity contribution >= 4 is 29.8 Å². The summed E-state index contributed by atoms with van der Waals surface area (Å²) in [7, 11) is 2.85. The summed E-state index contributed by atoms with van der Waals surface area (Å²) in [6, 6.07) is 4.53. The van der Waals surface area contributed by atoms with Crippen LogP contribution in [-0.4, -0.2) is 60.6 Å². The molecule has 1 spiro atoms. The maximum Gasteiger partial charge on any atom is 0.332 e. The first-order valence-corrected chi connectivity index (χ1v) is 8.37. The third-order valence-corrected chi connectivity index (χ3v) is 5.79. The van der Waals surface area contributed by atoms with Crippen molar-refractivity contribution in [3.05, 3.63) is 29.3 Å². The first-order valence-electron chi connectivity index (χ1n) is 8.37. The van der Waals surface area contributed by atoms with Gasteiger partial charge in [-0.25, -0.2) is 4.79 Å². The molecule has 25 heavy (non-hydrogen) atoms. The Kier molecular flexibility index (Phi) is 3.25. The Hall–Kier alpha value is -2.70. The molecular weight excluding hydrogens is 322 g/mol. The van der Waals surface area contributed by atoms with Crippen LogP contribution in [0, 0.1) is 5.41 Å². The van der Waals surface area contributed by atoms with E-state index in [1.165, 1.54) is 14.1 Å². The van der Waals surface area contributed by atoms with Gasteiger partial charge >= 0.3 is 6.03 Å². The summed E-state index contributed by atoms with van der Waals surface area (Å²) >= 11 is 0. The fraction of sp³-hybridized carbons (Fsp3) is 0.444. The highest BCUT2D eigenvalue weighted by atomic mass is 16.2. The molecule has 130 valence electrons. The lowest BCUT2D eigenvalue weighted by molar-refractivity contribution is -0.159. The number of urea groups is 1. The van der Waals surface area contributed by atoms with Crippen LogP contribution in [0.15, 0.2) is 18.2 Å². The van der Waals surface area contributed by atoms with Crippen LogP contribution >= 0.6 is 0 Å². The number of nitrogens with zero attached hydrogens (tertiary/aromatic N) is 3. The van der Waals surface area contributed by atoms with Crippen LogP contribution in [0.2, 0.25) is 0 Å². The van der Waals surface area contributed by atoms with Gasteiger partial charge < -0.3 is 4.90 Å². The smallest absolute Gasteiger partial charge is 0.332 e. The van der Waals surface area contributed by atoms with Crippen molar-refractivity contribution in [3.63, 3.8) is 0 Å². The minimum absolute atomic E-state index is 0.213. The van der Waals surface area contributed by atoms with Crippen molar-refractivity contribution in [2.75, 3.05) is 25.5 Å². The van der Waals surface area contributed by atoms with Crippen LogP contribution in [0.1, 0.15) is 28.8 Å². The Morgan fingerprint density at radius 2 is 1.80 bits per heavy atom. The van der Waals surface area contributed by atoms with Gasteiger partial charge in [-0.05, 0) is 43.0 Å². The van der Waals surface area contributed by atoms with Crippen LogP contribution in [0.4, 0.5) is 10.5 Å². The van der Waals surface area contributed by atoms with Crippen LogP contribution in [0.3, 0.4) is 0 Å². The molecule has 3 aliphatic heterocycles. The van der Waals surface area contributed by atoms with Gasteiger partial charge in [0.25, 0.3) is 0 Å². The molecule has 2 fully saturated rings. The van der Waals surface area contributed by atoms with E-state index in [1.807, 2.05) is 6.07 Å². The van der Waals surface area contributed by atoms with Gasteiger partial charge in [0.1, 0.15) is 6.29 Å². The topological polar surface area (TPSA) is 78.0 Å². The lowest BCUT2D eigenvalue weighted by Gasteiger charge is -2.50. The molecule has 7 nitrogen and oxygen atoms in total. The van der Waals surface area contributed by atoms with Crippen molar-refractivity contribution in [2.24, 2.45) is 5.41 Å². The largest absolute Gasteiger partial charge is 0.367 e. The number of imide groups is 2. The quantitative estimate of drug-likeness (QED) is 0.564. The number of fused-ring (bicyclic) bond motifs is 4. The number of benzene rings is 1. The average Bonchev–Trinajstić information content (AvgIpc) is 3.13. The highest BCUT2D eigenvalue weighted by molar-refractivity contribution is 6.20. The van der Waals surface area contributed by atoms with E-state index >= 15 is 0 Å². The van der Waals surface area contributed by atoms with Gasteiger partial charge in [0.2, 0.25) is 11.8 Å². The number of anilines is 1. The fourth-order valence-corrected chi connectivity index (χ4v) is 4.61. The Balaban J connectivity index is 1.92. The van der Waals surface area contributed by atoms with E-state index in [9.17, 15) is 19.2 Å². The molecule has 0 aliphatic carbocycles. The first kappa shape index (κ1) is 15.8. The monoisotopic (exact) mass is 341 g/mol. The van der Waals surface area contributed by atoms with Crippen molar-refractivity contribution in [1.82, 2.24) is 9.80 Å². The maximum absolute atomic E-state index is 13.1. The van der Waals surface area contributed by atoms with Gasteiger partial charge in [0.05, 0.1) is 6.04 Å². The molecule has 1 aromatic rings. The molecule has 0 radical (unpaired) electrons. The number of rotatable bonds is 1. The average molecular weight is 341 g/mol. The molecule has 1 aromatic carbocycles. The van der Waals surface area contributed by atoms with E-state index < -0.39 is 23.3 Å². The second-order valence-electron chi connectivity index (χ2n) is 7.02. The van der Waals surface area contributed by atoms with Gasteiger partial charge in [0.15, 0.2) is 5.41 Å². The van der Waals surface area contributed by atoms with Gasteiger partial charge in [-0.15, -0.1) is 0 Å². The summed E-state index contributed by atoms with van der Waals surface area (Å²) in [5.74, 6) is -0.890. The summed E-state index contributed by atoms with van der Waals surface area (Å²) < 4.78 is 0. The minimum atomic E-state index is -1.30. The molecule has 2 saturated heterocycles. The Bertz CT molecular complexity index is 795. The van der Waals surface area contributed by atoms with Gasteiger partial charge in [-0.3, -0.25) is 24.2 Å². The lowest BCUT2D eigenvalue weighted by atomic mass is 9.68. The summed E-state index contributed by atoms with van der Waals surface area (Å²) in [6.07, 6.45) is 2.57. The summed E-state index contributed by atoms with van der Waals surface area (Å²) in [4.78, 5) is 53.8. The van der Waals surface area contributed by atoms with Crippen molar-refractivity contribution in [2.45, 2.75) is 25.3 Å². The minimum Gasteiger partial charge on any atom is -0.367 e. The van der Waals surface area contributed by atoms with E-state index in [2.05, 4.69) is 4.90 Å². The number of aldehydes is 1. The van der Waals surface area contributed by atoms with E-state index in [-0.39, 0.29) is 12.5 Å². The van der Waals surface area contributed by atoms with E-state index in [4.69, 9.17) is 0 Å². The van der Waals surface area contributed by atoms with Crippen molar-refractivity contribution < 1.29 is 19.2 Å². The van der Waals surface area contributed by atoms with Gasteiger partial charge in [0, 0.05) is 31.9 Å². The maximum atomic E-state index is 13.1. The molecule has 0 N–H and O–H groups in total. The summed E-state index contributed by atoms with van der Waals surface area (Å²) in [6.45, 7) is 0.752. The summed E-state index contributed by atoms with van der Waals surface area (Å²) in [5.41, 5.74) is 0.991. The molecule has 0 bridgehead atoms. The SMILES string of the molecule is CN1C(=O)N(C)C(=O)C2(Cc3cc(C=O)ccc3N3CCCC32)C1=O. The number of hydrogen-bond acceptors (Lipinski definition) is 5. The van der Waals surface area contributed by atoms with E-state index in [0.717, 1.165) is 46.7 Å². The lowest BCUT2D eigenvalue weighted by Crippen LogP contribution is -2.70. The highest BCUT2D eigenvalue weighted by Crippen LogP contribution is 2.49. The predicted octanol–water partition coefficient (Wildman–Crippen LogP) is 1.06. The zero-order valence-corrected chi connectivity index (χ0v) is 14.2. The number of carbonyl (C=O) groups is 4. The van der Waals surface area contributed by atoms with Crippen molar-refractivity contribution in [3.8, 4) is 0 Å². The molecule has 0 aromatic heterocycles. The normalized spacial score (nSPS) is 24.6. The number of hydrogen-bond donors (Lipinski definition) is 0. The van der Waals surface area contributed by atoms with Crippen LogP contribution in [0.25, 0.3) is 0 Å². The Morgan fingerprint density at radius 3 is 2.44 bits per heavy atom. The molecular formula is C18H19N3O4. The molecule has 7 heteroatoms. The molecule has 4 amide bonds. The predicted molar refractivity (Wildman–Crippen MR) is 89.3 cm³/mol. The van der Waals surface area contributed by atoms with E-state index in [1.54, 1.807) is 12.1 Å². The van der Waals surface area contributed by atoms with E-state index in [0.29, 0.717) is 5.56 Å². The fourth-order valence-electron chi connectivity index (χ4n) is 4.61.